The molecule has 0 amide bonds. The summed E-state index contributed by atoms with van der Waals surface area (Å²) in [5.41, 5.74) is 3.17. The SMILES string of the molecule is N#CC1C(c2ccccc2)=C[Se](c2ccccc2)(c2ccccc2)OC1c1ccccc1. The molecule has 1 heterocycles. The van der Waals surface area contributed by atoms with Crippen molar-refractivity contribution in [2.75, 3.05) is 0 Å². The van der Waals surface area contributed by atoms with Gasteiger partial charge in [-0.15, -0.1) is 0 Å². The minimum atomic E-state index is -3.05. The van der Waals surface area contributed by atoms with E-state index < -0.39 is 19.1 Å². The molecule has 0 saturated heterocycles. The Morgan fingerprint density at radius 3 is 1.59 bits per heavy atom. The van der Waals surface area contributed by atoms with Crippen molar-refractivity contribution in [3.05, 3.63) is 137 Å². The summed E-state index contributed by atoms with van der Waals surface area (Å²) in [4.78, 5) is 2.31. The molecule has 1 aliphatic rings. The van der Waals surface area contributed by atoms with Gasteiger partial charge in [-0.3, -0.25) is 0 Å². The normalized spacial score (nSPS) is 20.5. The van der Waals surface area contributed by atoms with E-state index in [1.807, 2.05) is 48.5 Å². The summed E-state index contributed by atoms with van der Waals surface area (Å²) >= 11 is -3.05. The quantitative estimate of drug-likeness (QED) is 0.373. The maximum absolute atomic E-state index is 10.3. The standard InChI is InChI=1S/C29H23NOSe/c30-21-27-28(23-13-5-1-6-14-23)22-32(25-17-9-3-10-18-25,26-19-11-4-12-20-26)31-29(27)24-15-7-2-8-16-24/h1-20,22,27,29H. The van der Waals surface area contributed by atoms with Gasteiger partial charge in [0.2, 0.25) is 0 Å². The van der Waals surface area contributed by atoms with Crippen LogP contribution in [0.1, 0.15) is 17.2 Å². The Hall–Kier alpha value is -3.41. The van der Waals surface area contributed by atoms with Gasteiger partial charge in [-0.2, -0.15) is 0 Å². The molecule has 4 aromatic rings. The number of rotatable bonds is 4. The predicted octanol–water partition coefficient (Wildman–Crippen LogP) is 5.28. The van der Waals surface area contributed by atoms with Crippen LogP contribution in [0.25, 0.3) is 5.57 Å². The van der Waals surface area contributed by atoms with Crippen LogP contribution < -0.4 is 8.92 Å². The third-order valence-electron chi connectivity index (χ3n) is 5.75. The van der Waals surface area contributed by atoms with Crippen LogP contribution in [0.2, 0.25) is 0 Å². The van der Waals surface area contributed by atoms with Gasteiger partial charge in [0.05, 0.1) is 0 Å². The Labute approximate surface area is 192 Å². The van der Waals surface area contributed by atoms with E-state index in [0.717, 1.165) is 16.7 Å². The van der Waals surface area contributed by atoms with E-state index in [0.29, 0.717) is 0 Å². The van der Waals surface area contributed by atoms with Crippen molar-refractivity contribution in [3.8, 4) is 6.07 Å². The van der Waals surface area contributed by atoms with Gasteiger partial charge in [-0.1, -0.05) is 0 Å². The van der Waals surface area contributed by atoms with Crippen LogP contribution in [-0.2, 0) is 3.82 Å². The van der Waals surface area contributed by atoms with E-state index in [1.54, 1.807) is 0 Å². The second-order valence-corrected chi connectivity index (χ2v) is 13.1. The van der Waals surface area contributed by atoms with Gasteiger partial charge in [-0.05, 0) is 0 Å². The van der Waals surface area contributed by atoms with Gasteiger partial charge in [0.15, 0.2) is 0 Å². The van der Waals surface area contributed by atoms with Crippen LogP contribution in [-0.4, -0.2) is 13.2 Å². The van der Waals surface area contributed by atoms with Crippen LogP contribution in [0.3, 0.4) is 0 Å². The van der Waals surface area contributed by atoms with E-state index in [-0.39, 0.29) is 6.10 Å². The van der Waals surface area contributed by atoms with Gasteiger partial charge in [0.1, 0.15) is 0 Å². The first kappa shape index (κ1) is 20.5. The molecule has 0 saturated carbocycles. The van der Waals surface area contributed by atoms with E-state index >= 15 is 0 Å². The van der Waals surface area contributed by atoms with Crippen molar-refractivity contribution in [3.63, 3.8) is 0 Å². The van der Waals surface area contributed by atoms with Crippen molar-refractivity contribution in [1.82, 2.24) is 0 Å². The van der Waals surface area contributed by atoms with E-state index in [9.17, 15) is 5.26 Å². The zero-order chi connectivity index (χ0) is 21.8. The third-order valence-corrected chi connectivity index (χ3v) is 12.1. The molecular formula is C29H23NOSe. The molecule has 0 radical (unpaired) electrons. The predicted molar refractivity (Wildman–Crippen MR) is 132 cm³/mol. The molecule has 1 aliphatic heterocycles. The van der Waals surface area contributed by atoms with Gasteiger partial charge < -0.3 is 0 Å². The van der Waals surface area contributed by atoms with E-state index in [1.165, 1.54) is 8.92 Å². The molecule has 0 fully saturated rings. The van der Waals surface area contributed by atoms with E-state index in [4.69, 9.17) is 3.82 Å². The molecule has 2 unspecified atom stereocenters. The molecular weight excluding hydrogens is 457 g/mol. The Bertz CT molecular complexity index is 1210. The molecule has 4 aromatic carbocycles. The average Bonchev–Trinajstić information content (AvgIpc) is 2.90. The topological polar surface area (TPSA) is 33.0 Å². The van der Waals surface area contributed by atoms with E-state index in [2.05, 4.69) is 83.8 Å². The Kier molecular flexibility index (Phi) is 5.75. The van der Waals surface area contributed by atoms with Crippen LogP contribution in [0.5, 0.6) is 0 Å². The molecule has 5 rings (SSSR count). The van der Waals surface area contributed by atoms with Crippen molar-refractivity contribution in [1.29, 1.82) is 5.26 Å². The summed E-state index contributed by atoms with van der Waals surface area (Å²) < 4.78 is 9.54. The summed E-state index contributed by atoms with van der Waals surface area (Å²) in [7, 11) is 0. The molecule has 2 atom stereocenters. The molecule has 0 bridgehead atoms. The van der Waals surface area contributed by atoms with Crippen LogP contribution in [0.15, 0.2) is 126 Å². The number of hydrogen-bond donors (Lipinski definition) is 0. The van der Waals surface area contributed by atoms with Crippen molar-refractivity contribution < 1.29 is 3.82 Å². The number of nitriles is 1. The maximum atomic E-state index is 10.3. The molecule has 0 aromatic heterocycles. The third kappa shape index (κ3) is 3.70. The Morgan fingerprint density at radius 1 is 0.625 bits per heavy atom. The zero-order valence-corrected chi connectivity index (χ0v) is 19.3. The minimum absolute atomic E-state index is 0.346. The van der Waals surface area contributed by atoms with Crippen molar-refractivity contribution in [2.24, 2.45) is 5.92 Å². The van der Waals surface area contributed by atoms with Crippen LogP contribution in [0, 0.1) is 17.2 Å². The van der Waals surface area contributed by atoms with Gasteiger partial charge in [0, 0.05) is 0 Å². The number of hydrogen-bond acceptors (Lipinski definition) is 2. The molecule has 3 heteroatoms. The van der Waals surface area contributed by atoms with Crippen LogP contribution >= 0.6 is 0 Å². The van der Waals surface area contributed by atoms with Gasteiger partial charge >= 0.3 is 192 Å². The fourth-order valence-corrected chi connectivity index (χ4v) is 10.8. The first-order valence-electron chi connectivity index (χ1n) is 10.7. The molecule has 156 valence electrons. The number of benzene rings is 4. The molecule has 0 N–H and O–H groups in total. The second-order valence-electron chi connectivity index (χ2n) is 7.70. The first-order valence-corrected chi connectivity index (χ1v) is 14.1. The number of nitrogens with zero attached hydrogens (tertiary/aromatic N) is 1. The second kappa shape index (κ2) is 8.99. The van der Waals surface area contributed by atoms with Gasteiger partial charge in [-0.25, -0.2) is 0 Å². The molecule has 32 heavy (non-hydrogen) atoms. The monoisotopic (exact) mass is 481 g/mol. The summed E-state index contributed by atoms with van der Waals surface area (Å²) in [5, 5.41) is 10.3. The fourth-order valence-electron chi connectivity index (χ4n) is 4.20. The summed E-state index contributed by atoms with van der Waals surface area (Å²) in [6.45, 7) is 0. The van der Waals surface area contributed by atoms with Crippen molar-refractivity contribution >= 4 is 27.7 Å². The molecule has 0 spiro atoms. The fraction of sp³-hybridized carbons (Fsp3) is 0.0690. The van der Waals surface area contributed by atoms with Crippen LogP contribution in [0.4, 0.5) is 0 Å². The summed E-state index contributed by atoms with van der Waals surface area (Å²) in [6.07, 6.45) is -0.346. The zero-order valence-electron chi connectivity index (χ0n) is 17.5. The Balaban J connectivity index is 1.81. The summed E-state index contributed by atoms with van der Waals surface area (Å²) in [5.74, 6) is -0.391. The van der Waals surface area contributed by atoms with Crippen molar-refractivity contribution in [2.45, 2.75) is 6.10 Å². The average molecular weight is 480 g/mol. The molecule has 0 aliphatic carbocycles. The molecule has 2 nitrogen and oxygen atoms in total. The Morgan fingerprint density at radius 2 is 1.09 bits per heavy atom. The van der Waals surface area contributed by atoms with Gasteiger partial charge in [0.25, 0.3) is 0 Å². The summed E-state index contributed by atoms with van der Waals surface area (Å²) in [6, 6.07) is 44.1. The first-order chi connectivity index (χ1) is 15.8.